The minimum atomic E-state index is 0.859. The van der Waals surface area contributed by atoms with E-state index in [1.54, 1.807) is 0 Å². The number of hydrogen-bond donors (Lipinski definition) is 0. The van der Waals surface area contributed by atoms with Crippen LogP contribution in [0.25, 0.3) is 0 Å². The van der Waals surface area contributed by atoms with Crippen LogP contribution < -0.4 is 0 Å². The number of hydrogen-bond acceptors (Lipinski definition) is 1. The molecule has 1 aromatic rings. The fourth-order valence-electron chi connectivity index (χ4n) is 2.64. The Morgan fingerprint density at radius 2 is 2.06 bits per heavy atom. The first-order chi connectivity index (χ1) is 8.15. The summed E-state index contributed by atoms with van der Waals surface area (Å²) in [6.45, 7) is 2.15. The second-order valence-electron chi connectivity index (χ2n) is 5.08. The van der Waals surface area contributed by atoms with E-state index >= 15 is 0 Å². The Balaban J connectivity index is 1.90. The van der Waals surface area contributed by atoms with Crippen LogP contribution in [0, 0.1) is 5.92 Å². The Morgan fingerprint density at radius 3 is 2.71 bits per heavy atom. The molecule has 17 heavy (non-hydrogen) atoms. The first-order valence-electron chi connectivity index (χ1n) is 6.27. The van der Waals surface area contributed by atoms with Gasteiger partial charge in [0.1, 0.15) is 0 Å². The molecule has 0 N–H and O–H groups in total. The van der Waals surface area contributed by atoms with Gasteiger partial charge < -0.3 is 4.90 Å². The molecule has 1 aromatic carbocycles. The Bertz CT molecular complexity index is 374. The van der Waals surface area contributed by atoms with Crippen molar-refractivity contribution >= 4 is 27.5 Å². The van der Waals surface area contributed by atoms with Crippen molar-refractivity contribution in [2.45, 2.75) is 32.2 Å². The number of nitrogens with zero attached hydrogens (tertiary/aromatic N) is 1. The molecule has 94 valence electrons. The van der Waals surface area contributed by atoms with E-state index in [1.165, 1.54) is 37.8 Å². The molecule has 1 fully saturated rings. The molecule has 0 saturated heterocycles. The van der Waals surface area contributed by atoms with E-state index in [1.807, 2.05) is 6.07 Å². The van der Waals surface area contributed by atoms with Crippen LogP contribution in [-0.2, 0) is 6.54 Å². The van der Waals surface area contributed by atoms with Gasteiger partial charge >= 0.3 is 0 Å². The van der Waals surface area contributed by atoms with Gasteiger partial charge in [-0.05, 0) is 43.5 Å². The van der Waals surface area contributed by atoms with Crippen molar-refractivity contribution in [2.75, 3.05) is 13.6 Å². The highest BCUT2D eigenvalue weighted by atomic mass is 79.9. The molecular weight excluding hydrogens is 298 g/mol. The normalized spacial score (nSPS) is 16.9. The standard InChI is InChI=1S/C14H19BrClN/c1-17(9-11-4-2-3-5-11)10-12-6-7-13(15)8-14(12)16/h6-8,11H,2-5,9-10H2,1H3. The minimum absolute atomic E-state index is 0.859. The van der Waals surface area contributed by atoms with Gasteiger partial charge in [0.05, 0.1) is 0 Å². The Labute approximate surface area is 117 Å². The van der Waals surface area contributed by atoms with Crippen molar-refractivity contribution in [3.05, 3.63) is 33.3 Å². The average molecular weight is 317 g/mol. The summed E-state index contributed by atoms with van der Waals surface area (Å²) in [6.07, 6.45) is 5.63. The van der Waals surface area contributed by atoms with Gasteiger partial charge in [-0.15, -0.1) is 0 Å². The molecule has 0 unspecified atom stereocenters. The number of benzene rings is 1. The quantitative estimate of drug-likeness (QED) is 0.776. The maximum absolute atomic E-state index is 6.23. The Kier molecular flexibility index (Phi) is 4.89. The molecule has 0 radical (unpaired) electrons. The third kappa shape index (κ3) is 3.97. The summed E-state index contributed by atoms with van der Waals surface area (Å²) in [5.74, 6) is 0.897. The monoisotopic (exact) mass is 315 g/mol. The molecule has 3 heteroatoms. The minimum Gasteiger partial charge on any atom is -0.302 e. The number of rotatable bonds is 4. The van der Waals surface area contributed by atoms with E-state index in [-0.39, 0.29) is 0 Å². The van der Waals surface area contributed by atoms with E-state index in [0.717, 1.165) is 22.0 Å². The second-order valence-corrected chi connectivity index (χ2v) is 6.41. The third-order valence-electron chi connectivity index (χ3n) is 3.50. The van der Waals surface area contributed by atoms with Crippen LogP contribution in [0.1, 0.15) is 31.2 Å². The molecule has 1 aliphatic carbocycles. The lowest BCUT2D eigenvalue weighted by atomic mass is 10.1. The largest absolute Gasteiger partial charge is 0.302 e. The third-order valence-corrected chi connectivity index (χ3v) is 4.35. The zero-order valence-electron chi connectivity index (χ0n) is 10.3. The smallest absolute Gasteiger partial charge is 0.0462 e. The van der Waals surface area contributed by atoms with Crippen LogP contribution in [0.2, 0.25) is 5.02 Å². The summed E-state index contributed by atoms with van der Waals surface area (Å²) in [4.78, 5) is 2.39. The zero-order chi connectivity index (χ0) is 12.3. The Morgan fingerprint density at radius 1 is 1.35 bits per heavy atom. The van der Waals surface area contributed by atoms with E-state index in [2.05, 4.69) is 40.0 Å². The van der Waals surface area contributed by atoms with Crippen molar-refractivity contribution in [3.8, 4) is 0 Å². The first-order valence-corrected chi connectivity index (χ1v) is 7.44. The van der Waals surface area contributed by atoms with Gasteiger partial charge in [-0.3, -0.25) is 0 Å². The maximum Gasteiger partial charge on any atom is 0.0462 e. The van der Waals surface area contributed by atoms with Gasteiger partial charge in [0.15, 0.2) is 0 Å². The molecule has 0 heterocycles. The van der Waals surface area contributed by atoms with Gasteiger partial charge in [-0.1, -0.05) is 46.4 Å². The van der Waals surface area contributed by atoms with Crippen molar-refractivity contribution < 1.29 is 0 Å². The summed E-state index contributed by atoms with van der Waals surface area (Å²) in [6, 6.07) is 6.14. The van der Waals surface area contributed by atoms with E-state index < -0.39 is 0 Å². The predicted octanol–water partition coefficient (Wildman–Crippen LogP) is 4.72. The van der Waals surface area contributed by atoms with Crippen molar-refractivity contribution in [2.24, 2.45) is 5.92 Å². The molecule has 0 bridgehead atoms. The molecule has 1 aliphatic rings. The van der Waals surface area contributed by atoms with Gasteiger partial charge in [0, 0.05) is 22.6 Å². The molecule has 0 spiro atoms. The average Bonchev–Trinajstić information content (AvgIpc) is 2.75. The molecular formula is C14H19BrClN. The summed E-state index contributed by atoms with van der Waals surface area (Å²) >= 11 is 9.67. The molecule has 2 rings (SSSR count). The van der Waals surface area contributed by atoms with Crippen LogP contribution in [0.15, 0.2) is 22.7 Å². The molecule has 0 amide bonds. The van der Waals surface area contributed by atoms with Gasteiger partial charge in [-0.2, -0.15) is 0 Å². The fraction of sp³-hybridized carbons (Fsp3) is 0.571. The van der Waals surface area contributed by atoms with Gasteiger partial charge in [-0.25, -0.2) is 0 Å². The van der Waals surface area contributed by atoms with Crippen molar-refractivity contribution in [3.63, 3.8) is 0 Å². The second kappa shape index (κ2) is 6.21. The zero-order valence-corrected chi connectivity index (χ0v) is 12.6. The van der Waals surface area contributed by atoms with Crippen molar-refractivity contribution in [1.82, 2.24) is 4.90 Å². The van der Waals surface area contributed by atoms with Crippen LogP contribution in [0.4, 0.5) is 0 Å². The molecule has 1 saturated carbocycles. The lowest BCUT2D eigenvalue weighted by Crippen LogP contribution is -2.24. The Hall–Kier alpha value is -0.0500. The van der Waals surface area contributed by atoms with Gasteiger partial charge in [0.2, 0.25) is 0 Å². The highest BCUT2D eigenvalue weighted by molar-refractivity contribution is 9.10. The molecule has 0 aliphatic heterocycles. The van der Waals surface area contributed by atoms with Gasteiger partial charge in [0.25, 0.3) is 0 Å². The first kappa shape index (κ1) is 13.4. The highest BCUT2D eigenvalue weighted by Crippen LogP contribution is 2.27. The summed E-state index contributed by atoms with van der Waals surface area (Å²) in [5, 5.41) is 0.859. The van der Waals surface area contributed by atoms with Crippen molar-refractivity contribution in [1.29, 1.82) is 0 Å². The predicted molar refractivity (Wildman–Crippen MR) is 77.4 cm³/mol. The highest BCUT2D eigenvalue weighted by Gasteiger charge is 2.17. The SMILES string of the molecule is CN(Cc1ccc(Br)cc1Cl)CC1CCCC1. The lowest BCUT2D eigenvalue weighted by molar-refractivity contribution is 0.271. The molecule has 1 nitrogen and oxygen atoms in total. The molecule has 0 atom stereocenters. The lowest BCUT2D eigenvalue weighted by Gasteiger charge is -2.21. The maximum atomic E-state index is 6.23. The fourth-order valence-corrected chi connectivity index (χ4v) is 3.37. The van der Waals surface area contributed by atoms with E-state index in [4.69, 9.17) is 11.6 Å². The summed E-state index contributed by atoms with van der Waals surface area (Å²) < 4.78 is 1.05. The summed E-state index contributed by atoms with van der Waals surface area (Å²) in [5.41, 5.74) is 1.22. The van der Waals surface area contributed by atoms with E-state index in [9.17, 15) is 0 Å². The van der Waals surface area contributed by atoms with Crippen LogP contribution in [0.5, 0.6) is 0 Å². The number of halogens is 2. The van der Waals surface area contributed by atoms with Crippen LogP contribution in [0.3, 0.4) is 0 Å². The van der Waals surface area contributed by atoms with E-state index in [0.29, 0.717) is 0 Å². The van der Waals surface area contributed by atoms with Crippen LogP contribution in [-0.4, -0.2) is 18.5 Å². The summed E-state index contributed by atoms with van der Waals surface area (Å²) in [7, 11) is 2.19. The molecule has 0 aromatic heterocycles. The van der Waals surface area contributed by atoms with Crippen LogP contribution >= 0.6 is 27.5 Å². The topological polar surface area (TPSA) is 3.24 Å².